The van der Waals surface area contributed by atoms with Crippen LogP contribution >= 0.6 is 0 Å². The van der Waals surface area contributed by atoms with Gasteiger partial charge in [-0.15, -0.1) is 0 Å². The largest absolute Gasteiger partial charge is 0.485 e. The Balaban J connectivity index is 1.33. The van der Waals surface area contributed by atoms with Gasteiger partial charge in [-0.05, 0) is 22.9 Å². The molecule has 0 unspecified atom stereocenters. The SMILES string of the molecule is COC(=O)c1cn(Cc2nc(COc3ccc4ccccc4c3)no2)cc2c(=O)[nH]nc1-2. The fourth-order valence-corrected chi connectivity index (χ4v) is 3.41. The van der Waals surface area contributed by atoms with Crippen LogP contribution in [0.3, 0.4) is 0 Å². The zero-order valence-corrected chi connectivity index (χ0v) is 16.9. The number of nitrogens with zero attached hydrogens (tertiary/aromatic N) is 4. The summed E-state index contributed by atoms with van der Waals surface area (Å²) in [5, 5.41) is 12.4. The molecule has 1 N–H and O–H groups in total. The predicted octanol–water partition coefficient (Wildman–Crippen LogP) is 2.63. The Labute approximate surface area is 180 Å². The van der Waals surface area contributed by atoms with Crippen molar-refractivity contribution in [3.05, 3.63) is 82.5 Å². The summed E-state index contributed by atoms with van der Waals surface area (Å²) >= 11 is 0. The second-order valence-corrected chi connectivity index (χ2v) is 7.05. The summed E-state index contributed by atoms with van der Waals surface area (Å²) in [6.45, 7) is 0.277. The topological polar surface area (TPSA) is 125 Å². The molecule has 3 heterocycles. The van der Waals surface area contributed by atoms with Gasteiger partial charge in [-0.1, -0.05) is 35.5 Å². The molecule has 2 aliphatic rings. The minimum Gasteiger partial charge on any atom is -0.485 e. The van der Waals surface area contributed by atoms with Crippen molar-refractivity contribution in [2.75, 3.05) is 7.11 Å². The number of hydrogen-bond acceptors (Lipinski definition) is 8. The van der Waals surface area contributed by atoms with Gasteiger partial charge >= 0.3 is 5.97 Å². The van der Waals surface area contributed by atoms with E-state index < -0.39 is 11.5 Å². The Bertz CT molecular complexity index is 1450. The molecule has 0 bridgehead atoms. The average Bonchev–Trinajstić information content (AvgIpc) is 3.43. The number of H-pyrrole nitrogens is 1. The number of hydrogen-bond donors (Lipinski definition) is 1. The highest BCUT2D eigenvalue weighted by Crippen LogP contribution is 2.22. The average molecular weight is 431 g/mol. The van der Waals surface area contributed by atoms with Crippen LogP contribution in [0.15, 0.2) is 64.2 Å². The number of ether oxygens (including phenoxy) is 2. The molecule has 32 heavy (non-hydrogen) atoms. The quantitative estimate of drug-likeness (QED) is 0.407. The summed E-state index contributed by atoms with van der Waals surface area (Å²) < 4.78 is 17.5. The van der Waals surface area contributed by atoms with Crippen molar-refractivity contribution >= 4 is 16.7 Å². The molecule has 0 radical (unpaired) electrons. The van der Waals surface area contributed by atoms with Crippen molar-refractivity contribution < 1.29 is 18.8 Å². The molecule has 1 aromatic heterocycles. The van der Waals surface area contributed by atoms with Crippen molar-refractivity contribution in [1.29, 1.82) is 0 Å². The van der Waals surface area contributed by atoms with Gasteiger partial charge in [0.25, 0.3) is 5.56 Å². The Morgan fingerprint density at radius 3 is 2.84 bits per heavy atom. The normalized spacial score (nSPS) is 11.2. The van der Waals surface area contributed by atoms with Crippen LogP contribution in [0.25, 0.3) is 22.0 Å². The standard InChI is InChI=1S/C22H17N5O5/c1-30-22(29)17-10-27(9-16-20(17)24-25-21(16)28)11-19-23-18(26-32-19)12-31-15-7-6-13-4-2-3-5-14(13)8-15/h2-10H,11-12H2,1H3,(H,25,28). The van der Waals surface area contributed by atoms with Crippen LogP contribution in [-0.2, 0) is 17.9 Å². The Kier molecular flexibility index (Phi) is 4.86. The molecule has 0 aliphatic carbocycles. The number of aromatic amines is 1. The number of nitrogens with one attached hydrogen (secondary N) is 1. The lowest BCUT2D eigenvalue weighted by atomic mass is 10.1. The molecule has 5 rings (SSSR count). The van der Waals surface area contributed by atoms with E-state index in [-0.39, 0.29) is 30.0 Å². The Hall–Kier alpha value is -4.47. The number of fused-ring (bicyclic) bond motifs is 2. The lowest BCUT2D eigenvalue weighted by Gasteiger charge is -2.09. The summed E-state index contributed by atoms with van der Waals surface area (Å²) in [7, 11) is 1.26. The highest BCUT2D eigenvalue weighted by molar-refractivity contribution is 5.95. The van der Waals surface area contributed by atoms with Gasteiger partial charge in [0.2, 0.25) is 11.7 Å². The number of carbonyl (C=O) groups excluding carboxylic acids is 1. The molecule has 10 heteroatoms. The fraction of sp³-hybridized carbons (Fsp3) is 0.136. The van der Waals surface area contributed by atoms with E-state index in [1.165, 1.54) is 13.3 Å². The van der Waals surface area contributed by atoms with Gasteiger partial charge in [0.1, 0.15) is 23.6 Å². The van der Waals surface area contributed by atoms with E-state index >= 15 is 0 Å². The second-order valence-electron chi connectivity index (χ2n) is 7.05. The molecule has 160 valence electrons. The number of pyridine rings is 1. The van der Waals surface area contributed by atoms with Crippen molar-refractivity contribution in [2.24, 2.45) is 0 Å². The van der Waals surface area contributed by atoms with Crippen LogP contribution in [0.5, 0.6) is 5.75 Å². The third-order valence-electron chi connectivity index (χ3n) is 4.94. The number of carbonyl (C=O) groups is 1. The van der Waals surface area contributed by atoms with E-state index in [0.29, 0.717) is 17.5 Å². The molecule has 0 atom stereocenters. The molecule has 0 fully saturated rings. The minimum atomic E-state index is -0.606. The number of esters is 1. The number of aromatic nitrogens is 5. The zero-order chi connectivity index (χ0) is 22.1. The smallest absolute Gasteiger partial charge is 0.341 e. The van der Waals surface area contributed by atoms with E-state index in [1.807, 2.05) is 42.5 Å². The molecular weight excluding hydrogens is 414 g/mol. The Morgan fingerprint density at radius 2 is 2.00 bits per heavy atom. The molecular formula is C22H17N5O5. The summed E-state index contributed by atoms with van der Waals surface area (Å²) in [5.41, 5.74) is 0.248. The van der Waals surface area contributed by atoms with Gasteiger partial charge in [0, 0.05) is 12.4 Å². The zero-order valence-electron chi connectivity index (χ0n) is 16.9. The lowest BCUT2D eigenvalue weighted by molar-refractivity contribution is 0.0600. The van der Waals surface area contributed by atoms with E-state index in [9.17, 15) is 9.59 Å². The van der Waals surface area contributed by atoms with Crippen LogP contribution in [0, 0.1) is 0 Å². The summed E-state index contributed by atoms with van der Waals surface area (Å²) in [6, 6.07) is 13.8. The van der Waals surface area contributed by atoms with Crippen molar-refractivity contribution in [3.8, 4) is 17.0 Å². The van der Waals surface area contributed by atoms with E-state index in [2.05, 4.69) is 20.3 Å². The van der Waals surface area contributed by atoms with Gasteiger partial charge in [0.15, 0.2) is 6.61 Å². The second kappa shape index (κ2) is 7.99. The first-order valence-electron chi connectivity index (χ1n) is 9.70. The number of methoxy groups -OCH3 is 1. The first-order valence-corrected chi connectivity index (χ1v) is 9.70. The third kappa shape index (κ3) is 3.69. The van der Waals surface area contributed by atoms with Crippen LogP contribution in [0.4, 0.5) is 0 Å². The maximum atomic E-state index is 12.1. The fourth-order valence-electron chi connectivity index (χ4n) is 3.41. The highest BCUT2D eigenvalue weighted by atomic mass is 16.5. The van der Waals surface area contributed by atoms with E-state index in [0.717, 1.165) is 10.8 Å². The van der Waals surface area contributed by atoms with Crippen molar-refractivity contribution in [1.82, 2.24) is 24.9 Å². The van der Waals surface area contributed by atoms with E-state index in [4.69, 9.17) is 14.0 Å². The monoisotopic (exact) mass is 431 g/mol. The molecule has 2 aromatic carbocycles. The van der Waals surface area contributed by atoms with Crippen LogP contribution < -0.4 is 10.3 Å². The molecule has 2 aliphatic heterocycles. The first-order chi connectivity index (χ1) is 15.6. The van der Waals surface area contributed by atoms with Gasteiger partial charge in [-0.3, -0.25) is 4.79 Å². The highest BCUT2D eigenvalue weighted by Gasteiger charge is 2.22. The Morgan fingerprint density at radius 1 is 1.16 bits per heavy atom. The van der Waals surface area contributed by atoms with Gasteiger partial charge in [-0.2, -0.15) is 10.1 Å². The molecule has 0 spiro atoms. The van der Waals surface area contributed by atoms with Gasteiger partial charge in [0.05, 0.1) is 12.7 Å². The first kappa shape index (κ1) is 19.5. The number of benzene rings is 2. The number of rotatable bonds is 6. The molecule has 0 amide bonds. The molecule has 3 aromatic rings. The summed E-state index contributed by atoms with van der Waals surface area (Å²) in [5.74, 6) is 0.750. The van der Waals surface area contributed by atoms with Crippen LogP contribution in [0.2, 0.25) is 0 Å². The van der Waals surface area contributed by atoms with Crippen LogP contribution in [-0.4, -0.2) is 38.0 Å². The van der Waals surface area contributed by atoms with Crippen molar-refractivity contribution in [3.63, 3.8) is 0 Å². The predicted molar refractivity (Wildman–Crippen MR) is 112 cm³/mol. The van der Waals surface area contributed by atoms with Gasteiger partial charge in [-0.25, -0.2) is 9.89 Å². The van der Waals surface area contributed by atoms with Crippen LogP contribution in [0.1, 0.15) is 22.1 Å². The molecule has 10 nitrogen and oxygen atoms in total. The molecule has 0 saturated carbocycles. The van der Waals surface area contributed by atoms with Gasteiger partial charge < -0.3 is 18.6 Å². The van der Waals surface area contributed by atoms with Crippen molar-refractivity contribution in [2.45, 2.75) is 13.2 Å². The molecule has 0 saturated heterocycles. The van der Waals surface area contributed by atoms with E-state index in [1.54, 1.807) is 10.8 Å². The third-order valence-corrected chi connectivity index (χ3v) is 4.94. The summed E-state index contributed by atoms with van der Waals surface area (Å²) in [4.78, 5) is 28.4. The maximum Gasteiger partial charge on any atom is 0.341 e. The maximum absolute atomic E-state index is 12.1. The lowest BCUT2D eigenvalue weighted by Crippen LogP contribution is -2.12. The summed E-state index contributed by atoms with van der Waals surface area (Å²) in [6.07, 6.45) is 3.08. The minimum absolute atomic E-state index is 0.130.